The van der Waals surface area contributed by atoms with Gasteiger partial charge in [0.1, 0.15) is 19.3 Å². The van der Waals surface area contributed by atoms with E-state index < -0.39 is 97.5 Å². The fraction of sp³-hybridized carbons (Fsp3) is 0.948. The molecule has 0 saturated heterocycles. The van der Waals surface area contributed by atoms with E-state index in [4.69, 9.17) is 37.0 Å². The second-order valence-electron chi connectivity index (χ2n) is 28.7. The van der Waals surface area contributed by atoms with Crippen molar-refractivity contribution >= 4 is 39.5 Å². The van der Waals surface area contributed by atoms with E-state index >= 15 is 0 Å². The van der Waals surface area contributed by atoms with Crippen LogP contribution in [0.2, 0.25) is 0 Å². The molecule has 0 spiro atoms. The number of hydrogen-bond acceptors (Lipinski definition) is 15. The minimum atomic E-state index is -4.96. The van der Waals surface area contributed by atoms with Gasteiger partial charge in [-0.25, -0.2) is 9.13 Å². The summed E-state index contributed by atoms with van der Waals surface area (Å²) in [7, 11) is -9.91. The summed E-state index contributed by atoms with van der Waals surface area (Å²) >= 11 is 0. The highest BCUT2D eigenvalue weighted by Crippen LogP contribution is 2.45. The van der Waals surface area contributed by atoms with E-state index in [1.807, 2.05) is 0 Å². The van der Waals surface area contributed by atoms with Crippen LogP contribution in [0.1, 0.15) is 401 Å². The summed E-state index contributed by atoms with van der Waals surface area (Å²) in [5, 5.41) is 10.6. The molecule has 17 nitrogen and oxygen atoms in total. The van der Waals surface area contributed by atoms with Crippen LogP contribution < -0.4 is 0 Å². The molecule has 0 bridgehead atoms. The van der Waals surface area contributed by atoms with Crippen LogP contribution in [0.15, 0.2) is 0 Å². The maximum atomic E-state index is 13.1. The van der Waals surface area contributed by atoms with Gasteiger partial charge in [0.15, 0.2) is 12.2 Å². The van der Waals surface area contributed by atoms with Gasteiger partial charge >= 0.3 is 39.5 Å². The molecular weight excluding hydrogens is 1260 g/mol. The number of ether oxygens (including phenoxy) is 4. The quantitative estimate of drug-likeness (QED) is 0.0222. The van der Waals surface area contributed by atoms with Crippen LogP contribution in [-0.2, 0) is 65.4 Å². The van der Waals surface area contributed by atoms with Gasteiger partial charge in [-0.15, -0.1) is 0 Å². The van der Waals surface area contributed by atoms with Gasteiger partial charge in [0.25, 0.3) is 0 Å². The van der Waals surface area contributed by atoms with Crippen molar-refractivity contribution in [3.05, 3.63) is 0 Å². The molecular formula is C77H150O17P2. The highest BCUT2D eigenvalue weighted by molar-refractivity contribution is 7.47. The van der Waals surface area contributed by atoms with Crippen LogP contribution in [0.3, 0.4) is 0 Å². The number of phosphoric ester groups is 2. The van der Waals surface area contributed by atoms with Crippen LogP contribution >= 0.6 is 15.6 Å². The van der Waals surface area contributed by atoms with Gasteiger partial charge in [-0.1, -0.05) is 350 Å². The Morgan fingerprint density at radius 2 is 0.479 bits per heavy atom. The Balaban J connectivity index is 5.22. The topological polar surface area (TPSA) is 237 Å². The normalized spacial score (nSPS) is 14.0. The predicted octanol–water partition coefficient (Wildman–Crippen LogP) is 22.7. The van der Waals surface area contributed by atoms with Gasteiger partial charge in [-0.2, -0.15) is 0 Å². The van der Waals surface area contributed by atoms with Crippen LogP contribution in [0.4, 0.5) is 0 Å². The van der Waals surface area contributed by atoms with Gasteiger partial charge in [-0.3, -0.25) is 37.3 Å². The van der Waals surface area contributed by atoms with Crippen LogP contribution in [0.5, 0.6) is 0 Å². The summed E-state index contributed by atoms with van der Waals surface area (Å²) in [6.45, 7) is 9.61. The third kappa shape index (κ3) is 70.5. The Morgan fingerprint density at radius 3 is 0.708 bits per heavy atom. The molecule has 0 radical (unpaired) electrons. The van der Waals surface area contributed by atoms with Gasteiger partial charge in [0, 0.05) is 25.7 Å². The Hall–Kier alpha value is -1.94. The van der Waals surface area contributed by atoms with Crippen molar-refractivity contribution in [2.24, 2.45) is 11.8 Å². The molecule has 570 valence electrons. The second-order valence-corrected chi connectivity index (χ2v) is 31.6. The maximum absolute atomic E-state index is 13.1. The van der Waals surface area contributed by atoms with Crippen molar-refractivity contribution in [2.75, 3.05) is 39.6 Å². The Bertz CT molecular complexity index is 1860. The summed E-state index contributed by atoms with van der Waals surface area (Å²) in [5.74, 6) is -0.547. The van der Waals surface area contributed by atoms with Crippen molar-refractivity contribution in [1.29, 1.82) is 0 Å². The number of phosphoric acid groups is 2. The summed E-state index contributed by atoms with van der Waals surface area (Å²) in [6.07, 6.45) is 56.9. The number of rotatable bonds is 76. The van der Waals surface area contributed by atoms with Crippen molar-refractivity contribution in [3.63, 3.8) is 0 Å². The monoisotopic (exact) mass is 1410 g/mol. The third-order valence-corrected chi connectivity index (χ3v) is 19.9. The lowest BCUT2D eigenvalue weighted by atomic mass is 10.0. The molecule has 0 aliphatic rings. The van der Waals surface area contributed by atoms with Crippen LogP contribution in [-0.4, -0.2) is 96.7 Å². The second kappa shape index (κ2) is 68.8. The minimum absolute atomic E-state index is 0.107. The van der Waals surface area contributed by atoms with E-state index in [1.165, 1.54) is 212 Å². The van der Waals surface area contributed by atoms with Crippen molar-refractivity contribution in [1.82, 2.24) is 0 Å². The first-order valence-electron chi connectivity index (χ1n) is 40.0. The first-order chi connectivity index (χ1) is 46.4. The molecule has 0 aliphatic carbocycles. The van der Waals surface area contributed by atoms with E-state index in [1.54, 1.807) is 0 Å². The number of aliphatic hydroxyl groups is 1. The molecule has 3 N–H and O–H groups in total. The molecule has 0 aromatic rings. The van der Waals surface area contributed by atoms with Gasteiger partial charge in [0.05, 0.1) is 26.4 Å². The lowest BCUT2D eigenvalue weighted by Gasteiger charge is -2.21. The number of hydrogen-bond donors (Lipinski definition) is 3. The van der Waals surface area contributed by atoms with E-state index in [9.17, 15) is 43.2 Å². The SMILES string of the molecule is CCCCCCCCCCCCCCCCCCCC(=O)O[C@H](COC(=O)CCCCCCCCCCCCCCCC(C)C)COP(=O)(O)OC[C@@H](O)COP(=O)(O)OC[C@@H](COC(=O)CCCCCCCCCC)OC(=O)CCCCCCCCCCCCCCC(C)C. The highest BCUT2D eigenvalue weighted by Gasteiger charge is 2.30. The number of esters is 4. The van der Waals surface area contributed by atoms with E-state index in [0.29, 0.717) is 25.7 Å². The molecule has 0 aromatic carbocycles. The number of carbonyl (C=O) groups excluding carboxylic acids is 4. The zero-order valence-electron chi connectivity index (χ0n) is 62.7. The number of aliphatic hydroxyl groups excluding tert-OH is 1. The Labute approximate surface area is 588 Å². The molecule has 96 heavy (non-hydrogen) atoms. The lowest BCUT2D eigenvalue weighted by molar-refractivity contribution is -0.161. The summed E-state index contributed by atoms with van der Waals surface area (Å²) in [4.78, 5) is 72.8. The van der Waals surface area contributed by atoms with Crippen molar-refractivity contribution in [2.45, 2.75) is 419 Å². The molecule has 19 heteroatoms. The van der Waals surface area contributed by atoms with Gasteiger partial charge in [0.2, 0.25) is 0 Å². The van der Waals surface area contributed by atoms with Crippen molar-refractivity contribution < 1.29 is 80.2 Å². The Morgan fingerprint density at radius 1 is 0.281 bits per heavy atom. The maximum Gasteiger partial charge on any atom is 0.472 e. The van der Waals surface area contributed by atoms with E-state index in [2.05, 4.69) is 41.5 Å². The highest BCUT2D eigenvalue weighted by atomic mass is 31.2. The van der Waals surface area contributed by atoms with Gasteiger partial charge in [-0.05, 0) is 37.5 Å². The minimum Gasteiger partial charge on any atom is -0.462 e. The van der Waals surface area contributed by atoms with Crippen LogP contribution in [0.25, 0.3) is 0 Å². The predicted molar refractivity (Wildman–Crippen MR) is 391 cm³/mol. The molecule has 0 heterocycles. The van der Waals surface area contributed by atoms with Gasteiger partial charge < -0.3 is 33.8 Å². The molecule has 2 unspecified atom stereocenters. The lowest BCUT2D eigenvalue weighted by Crippen LogP contribution is -2.30. The molecule has 5 atom stereocenters. The smallest absolute Gasteiger partial charge is 0.462 e. The van der Waals surface area contributed by atoms with E-state index in [-0.39, 0.29) is 25.7 Å². The molecule has 0 saturated carbocycles. The summed E-state index contributed by atoms with van der Waals surface area (Å²) in [5.41, 5.74) is 0. The molecule has 0 rings (SSSR count). The van der Waals surface area contributed by atoms with Crippen molar-refractivity contribution in [3.8, 4) is 0 Å². The summed E-state index contributed by atoms with van der Waals surface area (Å²) < 4.78 is 68.5. The zero-order valence-corrected chi connectivity index (χ0v) is 64.5. The number of carbonyl (C=O) groups is 4. The van der Waals surface area contributed by atoms with Crippen LogP contribution in [0, 0.1) is 11.8 Å². The average molecular weight is 1410 g/mol. The Kier molecular flexibility index (Phi) is 67.4. The molecule has 0 aliphatic heterocycles. The molecule has 0 amide bonds. The fourth-order valence-electron chi connectivity index (χ4n) is 11.8. The molecule has 0 fully saturated rings. The fourth-order valence-corrected chi connectivity index (χ4v) is 13.4. The first kappa shape index (κ1) is 94.1. The average Bonchev–Trinajstić information content (AvgIpc) is 1.60. The van der Waals surface area contributed by atoms with E-state index in [0.717, 1.165) is 108 Å². The first-order valence-corrected chi connectivity index (χ1v) is 43.0. The summed E-state index contributed by atoms with van der Waals surface area (Å²) in [6, 6.07) is 0. The number of unbranched alkanes of at least 4 members (excludes halogenated alkanes) is 46. The molecule has 0 aromatic heterocycles. The zero-order chi connectivity index (χ0) is 70.7. The third-order valence-electron chi connectivity index (χ3n) is 18.0. The standard InChI is InChI=1S/C77H150O17P2/c1-7-9-11-13-15-17-18-19-20-21-22-25-32-37-43-49-55-61-76(81)94-73(66-88-75(80)60-54-48-42-36-31-26-23-24-29-34-39-45-51-57-69(3)4)68-92-96(85,86)90-64-71(78)63-89-95(83,84)91-67-72(65-87-74(79)59-53-47-41-16-14-12-10-8-2)93-77(82)62-56-50-44-38-33-28-27-30-35-40-46-52-58-70(5)6/h69-73,78H,7-68H2,1-6H3,(H,83,84)(H,85,86)/t71-,72+,73+/m0/s1. The largest absolute Gasteiger partial charge is 0.472 e.